The van der Waals surface area contributed by atoms with Crippen molar-refractivity contribution >= 4 is 40.8 Å². The van der Waals surface area contributed by atoms with Crippen LogP contribution in [0.15, 0.2) is 0 Å². The van der Waals surface area contributed by atoms with Gasteiger partial charge in [-0.2, -0.15) is 0 Å². The van der Waals surface area contributed by atoms with E-state index in [9.17, 15) is 19.4 Å². The molecule has 0 bridgehead atoms. The molecule has 0 aromatic heterocycles. The molecule has 19 heavy (non-hydrogen) atoms. The van der Waals surface area contributed by atoms with Gasteiger partial charge in [-0.3, -0.25) is 9.59 Å². The highest BCUT2D eigenvalue weighted by molar-refractivity contribution is 8.67. The van der Waals surface area contributed by atoms with E-state index in [0.29, 0.717) is 11.4 Å². The van der Waals surface area contributed by atoms with E-state index in [1.807, 2.05) is 0 Å². The first-order valence-electron chi connectivity index (χ1n) is 5.67. The van der Waals surface area contributed by atoms with Gasteiger partial charge in [0.15, 0.2) is 5.41 Å². The third-order valence-corrected chi connectivity index (χ3v) is 6.12. The van der Waals surface area contributed by atoms with E-state index in [-0.39, 0.29) is 13.2 Å². The minimum atomic E-state index is -3.60. The molecular formula is C10H19O6PS2. The van der Waals surface area contributed by atoms with Crippen molar-refractivity contribution in [1.29, 1.82) is 0 Å². The average molecular weight is 330 g/mol. The minimum Gasteiger partial charge on any atom is -0.465 e. The van der Waals surface area contributed by atoms with Crippen molar-refractivity contribution in [1.82, 2.24) is 0 Å². The lowest BCUT2D eigenvalue weighted by atomic mass is 9.87. The first-order valence-corrected chi connectivity index (χ1v) is 9.87. The first-order chi connectivity index (χ1) is 8.59. The predicted octanol–water partition coefficient (Wildman–Crippen LogP) is 1.45. The van der Waals surface area contributed by atoms with Crippen LogP contribution in [-0.4, -0.2) is 40.2 Å². The molecule has 6 nitrogen and oxygen atoms in total. The van der Waals surface area contributed by atoms with Gasteiger partial charge in [0.25, 0.3) is 0 Å². The SMILES string of the molecule is CCOC(=O)C(C)(C(=O)OCC)C(C)SP(O)(O)=S. The standard InChI is InChI=1S/C10H19O6PS2/c1-5-15-8(11)10(4,9(12)16-6-2)7(3)19-17(13,14)18/h7H,5-6H2,1-4H3,(H2,13,14,18). The summed E-state index contributed by atoms with van der Waals surface area (Å²) in [6.07, 6.45) is 0. The van der Waals surface area contributed by atoms with Gasteiger partial charge < -0.3 is 19.3 Å². The lowest BCUT2D eigenvalue weighted by Gasteiger charge is -2.30. The van der Waals surface area contributed by atoms with Crippen molar-refractivity contribution in [2.75, 3.05) is 13.2 Å². The van der Waals surface area contributed by atoms with Crippen LogP contribution in [0.25, 0.3) is 0 Å². The molecule has 1 atom stereocenters. The molecule has 0 aromatic carbocycles. The van der Waals surface area contributed by atoms with E-state index in [4.69, 9.17) is 9.47 Å². The summed E-state index contributed by atoms with van der Waals surface area (Å²) in [5.41, 5.74) is -5.23. The number of esters is 2. The Kier molecular flexibility index (Phi) is 7.54. The molecule has 0 radical (unpaired) electrons. The van der Waals surface area contributed by atoms with Gasteiger partial charge in [0.2, 0.25) is 5.69 Å². The lowest BCUT2D eigenvalue weighted by molar-refractivity contribution is -0.170. The second kappa shape index (κ2) is 7.59. The minimum absolute atomic E-state index is 0.109. The summed E-state index contributed by atoms with van der Waals surface area (Å²) >= 11 is 5.12. The topological polar surface area (TPSA) is 93.1 Å². The monoisotopic (exact) mass is 330 g/mol. The van der Waals surface area contributed by atoms with Crippen LogP contribution < -0.4 is 0 Å². The molecule has 0 aromatic rings. The number of ether oxygens (including phenoxy) is 2. The fraction of sp³-hybridized carbons (Fsp3) is 0.800. The van der Waals surface area contributed by atoms with Crippen LogP contribution in [0.5, 0.6) is 0 Å². The third kappa shape index (κ3) is 5.39. The molecule has 0 rings (SSSR count). The molecule has 0 fully saturated rings. The Bertz CT molecular complexity index is 362. The first kappa shape index (κ1) is 18.9. The molecule has 0 aliphatic heterocycles. The van der Waals surface area contributed by atoms with E-state index >= 15 is 0 Å². The summed E-state index contributed by atoms with van der Waals surface area (Å²) in [6, 6.07) is 0. The predicted molar refractivity (Wildman–Crippen MR) is 77.1 cm³/mol. The maximum atomic E-state index is 12.0. The Labute approximate surface area is 121 Å². The van der Waals surface area contributed by atoms with Crippen LogP contribution in [-0.2, 0) is 30.9 Å². The second-order valence-corrected chi connectivity index (χ2v) is 10.2. The largest absolute Gasteiger partial charge is 0.465 e. The normalized spacial score (nSPS) is 13.8. The number of hydrogen-bond donors (Lipinski definition) is 2. The van der Waals surface area contributed by atoms with Gasteiger partial charge in [-0.1, -0.05) is 18.3 Å². The molecule has 0 saturated heterocycles. The molecular weight excluding hydrogens is 311 g/mol. The zero-order valence-electron chi connectivity index (χ0n) is 11.3. The summed E-state index contributed by atoms with van der Waals surface area (Å²) in [5.74, 6) is -1.53. The third-order valence-electron chi connectivity index (χ3n) is 2.51. The van der Waals surface area contributed by atoms with E-state index in [2.05, 4.69) is 11.8 Å². The Morgan fingerprint density at radius 2 is 1.63 bits per heavy atom. The summed E-state index contributed by atoms with van der Waals surface area (Å²) in [5, 5.41) is -0.786. The molecule has 0 saturated carbocycles. The Morgan fingerprint density at radius 3 is 1.89 bits per heavy atom. The molecule has 1 unspecified atom stereocenters. The van der Waals surface area contributed by atoms with Crippen LogP contribution in [0.4, 0.5) is 0 Å². The molecule has 2 N–H and O–H groups in total. The van der Waals surface area contributed by atoms with Crippen LogP contribution in [0.3, 0.4) is 0 Å². The zero-order chi connectivity index (χ0) is 15.3. The van der Waals surface area contributed by atoms with Gasteiger partial charge in [0, 0.05) is 5.25 Å². The summed E-state index contributed by atoms with van der Waals surface area (Å²) in [4.78, 5) is 42.6. The summed E-state index contributed by atoms with van der Waals surface area (Å²) < 4.78 is 9.74. The number of carbonyl (C=O) groups excluding carboxylic acids is 2. The van der Waals surface area contributed by atoms with Crippen molar-refractivity contribution in [2.24, 2.45) is 5.41 Å². The van der Waals surface area contributed by atoms with Gasteiger partial charge in [0.05, 0.1) is 13.2 Å². The number of carbonyl (C=O) groups is 2. The molecule has 0 spiro atoms. The zero-order valence-corrected chi connectivity index (χ0v) is 13.8. The van der Waals surface area contributed by atoms with Crippen molar-refractivity contribution < 1.29 is 28.8 Å². The summed E-state index contributed by atoms with van der Waals surface area (Å²) in [6.45, 7) is 6.31. The highest BCUT2D eigenvalue weighted by Gasteiger charge is 2.50. The summed E-state index contributed by atoms with van der Waals surface area (Å²) in [7, 11) is 0. The van der Waals surface area contributed by atoms with E-state index in [1.165, 1.54) is 13.8 Å². The maximum absolute atomic E-state index is 12.0. The van der Waals surface area contributed by atoms with Gasteiger partial charge in [-0.15, -0.1) is 0 Å². The maximum Gasteiger partial charge on any atom is 0.324 e. The molecule has 0 aliphatic rings. The molecule has 112 valence electrons. The average Bonchev–Trinajstić information content (AvgIpc) is 2.25. The quantitative estimate of drug-likeness (QED) is 0.412. The van der Waals surface area contributed by atoms with Crippen molar-refractivity contribution in [3.8, 4) is 0 Å². The molecule has 0 heterocycles. The Balaban J connectivity index is 5.31. The van der Waals surface area contributed by atoms with Crippen LogP contribution in [0.2, 0.25) is 0 Å². The van der Waals surface area contributed by atoms with Crippen LogP contribution in [0, 0.1) is 5.41 Å². The van der Waals surface area contributed by atoms with Crippen LogP contribution >= 0.6 is 17.1 Å². The van der Waals surface area contributed by atoms with Crippen molar-refractivity contribution in [3.63, 3.8) is 0 Å². The fourth-order valence-electron chi connectivity index (χ4n) is 1.29. The van der Waals surface area contributed by atoms with Gasteiger partial charge in [-0.05, 0) is 32.6 Å². The van der Waals surface area contributed by atoms with Crippen LogP contribution in [0.1, 0.15) is 27.7 Å². The number of rotatable bonds is 7. The van der Waals surface area contributed by atoms with E-state index in [1.54, 1.807) is 13.8 Å². The van der Waals surface area contributed by atoms with Gasteiger partial charge in [-0.25, -0.2) is 0 Å². The van der Waals surface area contributed by atoms with Crippen molar-refractivity contribution in [2.45, 2.75) is 32.9 Å². The lowest BCUT2D eigenvalue weighted by Crippen LogP contribution is -2.46. The smallest absolute Gasteiger partial charge is 0.324 e. The molecule has 9 heteroatoms. The highest BCUT2D eigenvalue weighted by Crippen LogP contribution is 2.56. The fourth-order valence-corrected chi connectivity index (χ4v) is 5.13. The Morgan fingerprint density at radius 1 is 1.26 bits per heavy atom. The molecule has 0 amide bonds. The second-order valence-electron chi connectivity index (χ2n) is 3.88. The van der Waals surface area contributed by atoms with Gasteiger partial charge in [0.1, 0.15) is 0 Å². The Hall–Kier alpha value is -0.140. The number of hydrogen-bond acceptors (Lipinski definition) is 6. The molecule has 0 aliphatic carbocycles. The van der Waals surface area contributed by atoms with E-state index < -0.39 is 28.3 Å². The van der Waals surface area contributed by atoms with E-state index in [0.717, 1.165) is 0 Å². The highest BCUT2D eigenvalue weighted by atomic mass is 32.9. The van der Waals surface area contributed by atoms with Crippen molar-refractivity contribution in [3.05, 3.63) is 0 Å². The van der Waals surface area contributed by atoms with Gasteiger partial charge >= 0.3 is 11.9 Å².